The molecule has 0 aliphatic carbocycles. The van der Waals surface area contributed by atoms with Gasteiger partial charge in [-0.05, 0) is 30.2 Å². The van der Waals surface area contributed by atoms with Gasteiger partial charge in [0, 0.05) is 18.9 Å². The zero-order valence-electron chi connectivity index (χ0n) is 12.7. The molecule has 23 heavy (non-hydrogen) atoms. The molecule has 0 saturated carbocycles. The third kappa shape index (κ3) is 2.85. The Morgan fingerprint density at radius 2 is 1.83 bits per heavy atom. The molecule has 5 nitrogen and oxygen atoms in total. The second-order valence-corrected chi connectivity index (χ2v) is 5.41. The van der Waals surface area contributed by atoms with Crippen LogP contribution in [-0.4, -0.2) is 15.1 Å². The van der Waals surface area contributed by atoms with Crippen LogP contribution in [0.2, 0.25) is 0 Å². The van der Waals surface area contributed by atoms with Gasteiger partial charge in [-0.15, -0.1) is 0 Å². The Kier molecular flexibility index (Phi) is 3.38. The maximum absolute atomic E-state index is 5.48. The summed E-state index contributed by atoms with van der Waals surface area (Å²) in [5.41, 5.74) is 3.70. The predicted octanol–water partition coefficient (Wildman–Crippen LogP) is 3.97. The third-order valence-corrected chi connectivity index (χ3v) is 3.69. The van der Waals surface area contributed by atoms with Crippen molar-refractivity contribution in [3.63, 3.8) is 0 Å². The highest BCUT2D eigenvalue weighted by atomic mass is 16.5. The Hall–Kier alpha value is -2.95. The first-order chi connectivity index (χ1) is 11.3. The van der Waals surface area contributed by atoms with Gasteiger partial charge < -0.3 is 8.94 Å². The van der Waals surface area contributed by atoms with Crippen LogP contribution in [0.5, 0.6) is 0 Å². The lowest BCUT2D eigenvalue weighted by atomic mass is 10.1. The fraction of sp³-hybridized carbons (Fsp3) is 0.167. The average molecular weight is 305 g/mol. The van der Waals surface area contributed by atoms with Gasteiger partial charge in [0.15, 0.2) is 11.5 Å². The molecule has 2 aromatic carbocycles. The minimum absolute atomic E-state index is 0.579. The lowest BCUT2D eigenvalue weighted by Gasteiger charge is -1.96. The molecule has 0 saturated heterocycles. The van der Waals surface area contributed by atoms with E-state index in [-0.39, 0.29) is 0 Å². The number of hydrogen-bond donors (Lipinski definition) is 0. The van der Waals surface area contributed by atoms with E-state index < -0.39 is 0 Å². The fourth-order valence-electron chi connectivity index (χ4n) is 2.55. The third-order valence-electron chi connectivity index (χ3n) is 3.69. The second kappa shape index (κ2) is 5.68. The van der Waals surface area contributed by atoms with E-state index >= 15 is 0 Å². The summed E-state index contributed by atoms with van der Waals surface area (Å²) >= 11 is 0. The maximum atomic E-state index is 5.48. The van der Waals surface area contributed by atoms with Crippen molar-refractivity contribution in [2.24, 2.45) is 0 Å². The molecule has 0 bridgehead atoms. The summed E-state index contributed by atoms with van der Waals surface area (Å²) in [4.78, 5) is 8.80. The summed E-state index contributed by atoms with van der Waals surface area (Å²) in [5, 5.41) is 4.07. The van der Waals surface area contributed by atoms with E-state index in [1.54, 1.807) is 0 Å². The van der Waals surface area contributed by atoms with Crippen molar-refractivity contribution in [3.8, 4) is 11.4 Å². The SMILES string of the molecule is Cc1nc2cc(-c3noc(CCc4ccccc4)n3)ccc2o1. The zero-order valence-corrected chi connectivity index (χ0v) is 12.7. The molecule has 0 N–H and O–H groups in total. The van der Waals surface area contributed by atoms with Crippen molar-refractivity contribution in [1.82, 2.24) is 15.1 Å². The van der Waals surface area contributed by atoms with Crippen LogP contribution in [0.25, 0.3) is 22.5 Å². The van der Waals surface area contributed by atoms with Gasteiger partial charge in [0.05, 0.1) is 0 Å². The molecule has 2 aromatic heterocycles. The number of fused-ring (bicyclic) bond motifs is 1. The molecule has 0 unspecified atom stereocenters. The highest BCUT2D eigenvalue weighted by molar-refractivity contribution is 5.78. The summed E-state index contributed by atoms with van der Waals surface area (Å²) < 4.78 is 10.8. The summed E-state index contributed by atoms with van der Waals surface area (Å²) in [6.45, 7) is 1.83. The van der Waals surface area contributed by atoms with E-state index in [0.717, 1.165) is 29.5 Å². The lowest BCUT2D eigenvalue weighted by Crippen LogP contribution is -1.91. The number of oxazole rings is 1. The number of rotatable bonds is 4. The van der Waals surface area contributed by atoms with Crippen molar-refractivity contribution in [2.75, 3.05) is 0 Å². The first-order valence-electron chi connectivity index (χ1n) is 7.52. The Bertz CT molecular complexity index is 941. The van der Waals surface area contributed by atoms with E-state index in [1.165, 1.54) is 5.56 Å². The summed E-state index contributed by atoms with van der Waals surface area (Å²) in [6.07, 6.45) is 1.60. The topological polar surface area (TPSA) is 65.0 Å². The fourth-order valence-corrected chi connectivity index (χ4v) is 2.55. The van der Waals surface area contributed by atoms with Gasteiger partial charge in [0.25, 0.3) is 0 Å². The van der Waals surface area contributed by atoms with Crippen LogP contribution in [0, 0.1) is 6.92 Å². The van der Waals surface area contributed by atoms with E-state index in [2.05, 4.69) is 27.3 Å². The highest BCUT2D eigenvalue weighted by Crippen LogP contribution is 2.23. The van der Waals surface area contributed by atoms with Gasteiger partial charge >= 0.3 is 0 Å². The van der Waals surface area contributed by atoms with E-state index in [4.69, 9.17) is 8.94 Å². The molecule has 0 atom stereocenters. The number of hydrogen-bond acceptors (Lipinski definition) is 5. The Morgan fingerprint density at radius 3 is 2.70 bits per heavy atom. The standard InChI is InChI=1S/C18H15N3O2/c1-12-19-15-11-14(8-9-16(15)22-12)18-20-17(23-21-18)10-7-13-5-3-2-4-6-13/h2-6,8-9,11H,7,10H2,1H3. The van der Waals surface area contributed by atoms with Crippen LogP contribution in [0.4, 0.5) is 0 Å². The average Bonchev–Trinajstić information content (AvgIpc) is 3.18. The van der Waals surface area contributed by atoms with Crippen LogP contribution >= 0.6 is 0 Å². The largest absolute Gasteiger partial charge is 0.441 e. The second-order valence-electron chi connectivity index (χ2n) is 5.41. The number of nitrogens with zero attached hydrogens (tertiary/aromatic N) is 3. The number of benzene rings is 2. The van der Waals surface area contributed by atoms with Crippen LogP contribution < -0.4 is 0 Å². The van der Waals surface area contributed by atoms with Crippen LogP contribution in [0.1, 0.15) is 17.3 Å². The van der Waals surface area contributed by atoms with Crippen molar-refractivity contribution in [3.05, 3.63) is 65.9 Å². The van der Waals surface area contributed by atoms with Crippen molar-refractivity contribution >= 4 is 11.1 Å². The van der Waals surface area contributed by atoms with Crippen molar-refractivity contribution in [1.29, 1.82) is 0 Å². The molecule has 0 amide bonds. The molecular weight excluding hydrogens is 290 g/mol. The predicted molar refractivity (Wildman–Crippen MR) is 85.9 cm³/mol. The Morgan fingerprint density at radius 1 is 0.957 bits per heavy atom. The molecule has 2 heterocycles. The number of aryl methyl sites for hydroxylation is 3. The molecule has 5 heteroatoms. The van der Waals surface area contributed by atoms with Crippen LogP contribution in [0.3, 0.4) is 0 Å². The minimum atomic E-state index is 0.579. The molecule has 4 rings (SSSR count). The first-order valence-corrected chi connectivity index (χ1v) is 7.52. The van der Waals surface area contributed by atoms with E-state index in [1.807, 2.05) is 43.3 Å². The summed E-state index contributed by atoms with van der Waals surface area (Å²) in [5.74, 6) is 1.87. The molecule has 4 aromatic rings. The van der Waals surface area contributed by atoms with Gasteiger partial charge in [-0.1, -0.05) is 35.5 Å². The van der Waals surface area contributed by atoms with Gasteiger partial charge in [-0.25, -0.2) is 4.98 Å². The highest BCUT2D eigenvalue weighted by Gasteiger charge is 2.11. The van der Waals surface area contributed by atoms with Gasteiger partial charge in [-0.2, -0.15) is 4.98 Å². The zero-order chi connectivity index (χ0) is 15.6. The Balaban J connectivity index is 1.54. The van der Waals surface area contributed by atoms with E-state index in [0.29, 0.717) is 17.6 Å². The molecule has 0 radical (unpaired) electrons. The normalized spacial score (nSPS) is 11.2. The summed E-state index contributed by atoms with van der Waals surface area (Å²) in [7, 11) is 0. The van der Waals surface area contributed by atoms with Crippen LogP contribution in [0.15, 0.2) is 57.5 Å². The molecule has 0 spiro atoms. The molecular formula is C18H15N3O2. The summed E-state index contributed by atoms with van der Waals surface area (Å²) in [6, 6.07) is 16.0. The monoisotopic (exact) mass is 305 g/mol. The smallest absolute Gasteiger partial charge is 0.227 e. The van der Waals surface area contributed by atoms with Gasteiger partial charge in [-0.3, -0.25) is 0 Å². The molecule has 0 aliphatic heterocycles. The number of aromatic nitrogens is 3. The first kappa shape index (κ1) is 13.7. The quantitative estimate of drug-likeness (QED) is 0.570. The maximum Gasteiger partial charge on any atom is 0.227 e. The van der Waals surface area contributed by atoms with Gasteiger partial charge in [0.1, 0.15) is 5.52 Å². The van der Waals surface area contributed by atoms with E-state index in [9.17, 15) is 0 Å². The van der Waals surface area contributed by atoms with Crippen LogP contribution in [-0.2, 0) is 12.8 Å². The lowest BCUT2D eigenvalue weighted by molar-refractivity contribution is 0.379. The minimum Gasteiger partial charge on any atom is -0.441 e. The van der Waals surface area contributed by atoms with Crippen molar-refractivity contribution in [2.45, 2.75) is 19.8 Å². The van der Waals surface area contributed by atoms with Crippen molar-refractivity contribution < 1.29 is 8.94 Å². The molecule has 0 fully saturated rings. The molecule has 0 aliphatic rings. The molecule has 114 valence electrons. The Labute approximate surface area is 133 Å². The van der Waals surface area contributed by atoms with Gasteiger partial charge in [0.2, 0.25) is 11.7 Å².